The van der Waals surface area contributed by atoms with Gasteiger partial charge in [0.1, 0.15) is 5.78 Å². The van der Waals surface area contributed by atoms with E-state index in [2.05, 4.69) is 17.1 Å². The molecule has 1 amide bonds. The Kier molecular flexibility index (Phi) is 5.46. The average Bonchev–Trinajstić information content (AvgIpc) is 2.59. The summed E-state index contributed by atoms with van der Waals surface area (Å²) in [5.74, 6) is 0.264. The predicted octanol–water partition coefficient (Wildman–Crippen LogP) is 0.956. The molecule has 0 radical (unpaired) electrons. The number of hydrogen-bond donors (Lipinski definition) is 1. The van der Waals surface area contributed by atoms with E-state index in [1.807, 2.05) is 0 Å². The van der Waals surface area contributed by atoms with E-state index in [9.17, 15) is 9.59 Å². The number of carbonyl (C=O) groups excluding carboxylic acids is 2. The van der Waals surface area contributed by atoms with Gasteiger partial charge in [0.15, 0.2) is 0 Å². The lowest BCUT2D eigenvalue weighted by Crippen LogP contribution is -2.39. The van der Waals surface area contributed by atoms with Crippen LogP contribution in [0.25, 0.3) is 0 Å². The van der Waals surface area contributed by atoms with E-state index in [4.69, 9.17) is 0 Å². The number of likely N-dealkylation sites (tertiary alicyclic amines) is 1. The van der Waals surface area contributed by atoms with Crippen molar-refractivity contribution in [3.8, 4) is 0 Å². The fraction of sp³-hybridized carbons (Fsp3) is 0.833. The summed E-state index contributed by atoms with van der Waals surface area (Å²) in [7, 11) is 0. The molecular formula is C12H22N2O2. The largest absolute Gasteiger partial charge is 0.355 e. The number of hydrogen-bond acceptors (Lipinski definition) is 3. The maximum atomic E-state index is 11.6. The molecule has 92 valence electrons. The van der Waals surface area contributed by atoms with Crippen LogP contribution in [0.4, 0.5) is 0 Å². The Labute approximate surface area is 97.4 Å². The van der Waals surface area contributed by atoms with Gasteiger partial charge in [0.25, 0.3) is 0 Å². The van der Waals surface area contributed by atoms with Crippen LogP contribution >= 0.6 is 0 Å². The lowest BCUT2D eigenvalue weighted by Gasteiger charge is -2.19. The normalized spacial score (nSPS) is 21.0. The Morgan fingerprint density at radius 2 is 2.19 bits per heavy atom. The molecule has 0 spiro atoms. The summed E-state index contributed by atoms with van der Waals surface area (Å²) in [6.45, 7) is 5.88. The Balaban J connectivity index is 2.08. The number of ketones is 1. The molecule has 1 aliphatic heterocycles. The van der Waals surface area contributed by atoms with Crippen LogP contribution in [0.5, 0.6) is 0 Å². The van der Waals surface area contributed by atoms with E-state index in [-0.39, 0.29) is 11.7 Å². The molecule has 1 rings (SSSR count). The van der Waals surface area contributed by atoms with Crippen LogP contribution in [0, 0.1) is 0 Å². The second-order valence-corrected chi connectivity index (χ2v) is 4.62. The van der Waals surface area contributed by atoms with Gasteiger partial charge in [0.2, 0.25) is 5.91 Å². The van der Waals surface area contributed by atoms with Crippen molar-refractivity contribution < 1.29 is 9.59 Å². The summed E-state index contributed by atoms with van der Waals surface area (Å²) in [5.41, 5.74) is 0. The molecule has 1 N–H and O–H groups in total. The van der Waals surface area contributed by atoms with Gasteiger partial charge in [0.05, 0.1) is 6.54 Å². The average molecular weight is 226 g/mol. The molecule has 0 saturated carbocycles. The smallest absolute Gasteiger partial charge is 0.234 e. The second kappa shape index (κ2) is 6.63. The highest BCUT2D eigenvalue weighted by atomic mass is 16.2. The van der Waals surface area contributed by atoms with Crippen LogP contribution < -0.4 is 5.32 Å². The van der Waals surface area contributed by atoms with Crippen molar-refractivity contribution in [3.05, 3.63) is 0 Å². The molecule has 0 aliphatic carbocycles. The Bertz CT molecular complexity index is 253. The fourth-order valence-electron chi connectivity index (χ4n) is 2.03. The van der Waals surface area contributed by atoms with Crippen molar-refractivity contribution in [3.63, 3.8) is 0 Å². The highest BCUT2D eigenvalue weighted by Crippen LogP contribution is 2.15. The topological polar surface area (TPSA) is 49.4 Å². The fourth-order valence-corrected chi connectivity index (χ4v) is 2.03. The van der Waals surface area contributed by atoms with Crippen LogP contribution in [0.2, 0.25) is 0 Å². The maximum absolute atomic E-state index is 11.6. The van der Waals surface area contributed by atoms with Gasteiger partial charge in [-0.2, -0.15) is 0 Å². The maximum Gasteiger partial charge on any atom is 0.234 e. The molecule has 4 heteroatoms. The molecule has 1 saturated heterocycles. The number of nitrogens with zero attached hydrogens (tertiary/aromatic N) is 1. The van der Waals surface area contributed by atoms with Crippen LogP contribution in [-0.2, 0) is 9.59 Å². The third-order valence-electron chi connectivity index (χ3n) is 3.07. The predicted molar refractivity (Wildman–Crippen MR) is 63.2 cm³/mol. The number of Topliss-reactive ketones (excluding diaryl/α,β-unsaturated/α-hetero) is 1. The lowest BCUT2D eigenvalue weighted by atomic mass is 10.2. The molecule has 0 aromatic rings. The molecule has 1 fully saturated rings. The summed E-state index contributed by atoms with van der Waals surface area (Å²) < 4.78 is 0. The molecule has 1 atom stereocenters. The van der Waals surface area contributed by atoms with Gasteiger partial charge in [-0.1, -0.05) is 0 Å². The Morgan fingerprint density at radius 3 is 2.75 bits per heavy atom. The van der Waals surface area contributed by atoms with Crippen molar-refractivity contribution in [1.29, 1.82) is 0 Å². The zero-order chi connectivity index (χ0) is 12.0. The van der Waals surface area contributed by atoms with E-state index in [1.165, 1.54) is 12.8 Å². The lowest BCUT2D eigenvalue weighted by molar-refractivity contribution is -0.122. The standard InChI is InChI=1S/C12H22N2O2/c1-10-5-4-8-14(10)9-12(16)13-7-3-6-11(2)15/h10H,3-9H2,1-2H3,(H,13,16). The van der Waals surface area contributed by atoms with Crippen molar-refractivity contribution in [1.82, 2.24) is 10.2 Å². The highest BCUT2D eigenvalue weighted by Gasteiger charge is 2.21. The number of nitrogens with one attached hydrogen (secondary N) is 1. The molecule has 0 aromatic heterocycles. The van der Waals surface area contributed by atoms with Gasteiger partial charge in [-0.15, -0.1) is 0 Å². The van der Waals surface area contributed by atoms with Crippen molar-refractivity contribution in [2.75, 3.05) is 19.6 Å². The van der Waals surface area contributed by atoms with E-state index >= 15 is 0 Å². The summed E-state index contributed by atoms with van der Waals surface area (Å²) in [4.78, 5) is 24.4. The SMILES string of the molecule is CC(=O)CCCNC(=O)CN1CCCC1C. The molecule has 1 unspecified atom stereocenters. The van der Waals surface area contributed by atoms with Crippen LogP contribution in [0.3, 0.4) is 0 Å². The number of rotatable bonds is 6. The van der Waals surface area contributed by atoms with Gasteiger partial charge in [0, 0.05) is 19.0 Å². The van der Waals surface area contributed by atoms with E-state index in [1.54, 1.807) is 6.92 Å². The Morgan fingerprint density at radius 1 is 1.44 bits per heavy atom. The van der Waals surface area contributed by atoms with Gasteiger partial charge in [-0.25, -0.2) is 0 Å². The van der Waals surface area contributed by atoms with Gasteiger partial charge in [-0.3, -0.25) is 9.69 Å². The first kappa shape index (κ1) is 13.2. The minimum Gasteiger partial charge on any atom is -0.355 e. The summed E-state index contributed by atoms with van der Waals surface area (Å²) in [6, 6.07) is 0.531. The molecule has 1 aliphatic rings. The minimum atomic E-state index is 0.0808. The molecule has 16 heavy (non-hydrogen) atoms. The summed E-state index contributed by atoms with van der Waals surface area (Å²) in [5, 5.41) is 2.85. The van der Waals surface area contributed by atoms with Crippen LogP contribution in [-0.4, -0.2) is 42.3 Å². The highest BCUT2D eigenvalue weighted by molar-refractivity contribution is 5.78. The van der Waals surface area contributed by atoms with Crippen LogP contribution in [0.1, 0.15) is 39.5 Å². The third kappa shape index (κ3) is 4.75. The van der Waals surface area contributed by atoms with Crippen molar-refractivity contribution in [2.45, 2.75) is 45.6 Å². The van der Waals surface area contributed by atoms with E-state index in [0.717, 1.165) is 13.0 Å². The van der Waals surface area contributed by atoms with Gasteiger partial charge >= 0.3 is 0 Å². The molecular weight excluding hydrogens is 204 g/mol. The first-order valence-electron chi connectivity index (χ1n) is 6.10. The zero-order valence-corrected chi connectivity index (χ0v) is 10.3. The molecule has 4 nitrogen and oxygen atoms in total. The second-order valence-electron chi connectivity index (χ2n) is 4.62. The monoisotopic (exact) mass is 226 g/mol. The third-order valence-corrected chi connectivity index (χ3v) is 3.07. The first-order valence-corrected chi connectivity index (χ1v) is 6.10. The first-order chi connectivity index (χ1) is 7.59. The van der Waals surface area contributed by atoms with Gasteiger partial charge < -0.3 is 10.1 Å². The minimum absolute atomic E-state index is 0.0808. The van der Waals surface area contributed by atoms with Crippen molar-refractivity contribution in [2.24, 2.45) is 0 Å². The van der Waals surface area contributed by atoms with E-state index < -0.39 is 0 Å². The number of amides is 1. The molecule has 1 heterocycles. The summed E-state index contributed by atoms with van der Waals surface area (Å²) in [6.07, 6.45) is 3.69. The van der Waals surface area contributed by atoms with Crippen LogP contribution in [0.15, 0.2) is 0 Å². The summed E-state index contributed by atoms with van der Waals surface area (Å²) >= 11 is 0. The molecule has 0 aromatic carbocycles. The molecule has 0 bridgehead atoms. The number of carbonyl (C=O) groups is 2. The van der Waals surface area contributed by atoms with E-state index in [0.29, 0.717) is 25.6 Å². The quantitative estimate of drug-likeness (QED) is 0.686. The van der Waals surface area contributed by atoms with Crippen molar-refractivity contribution >= 4 is 11.7 Å². The van der Waals surface area contributed by atoms with Gasteiger partial charge in [-0.05, 0) is 39.7 Å². The zero-order valence-electron chi connectivity index (χ0n) is 10.3. The Hall–Kier alpha value is -0.900.